The molecule has 0 bridgehead atoms. The van der Waals surface area contributed by atoms with Crippen LogP contribution in [0.1, 0.15) is 36.2 Å². The maximum Gasteiger partial charge on any atom is 0.315 e. The number of nitrogens with zero attached hydrogens (tertiary/aromatic N) is 1. The molecule has 0 saturated heterocycles. The number of nitrogens with one attached hydrogen (secondary N) is 1. The van der Waals surface area contributed by atoms with Gasteiger partial charge in [0.1, 0.15) is 5.41 Å². The maximum atomic E-state index is 11.4. The van der Waals surface area contributed by atoms with E-state index in [1.54, 1.807) is 0 Å². The van der Waals surface area contributed by atoms with Crippen LogP contribution >= 0.6 is 0 Å². The molecule has 1 fully saturated rings. The summed E-state index contributed by atoms with van der Waals surface area (Å²) in [5.74, 6) is -0.782. The van der Waals surface area contributed by atoms with Gasteiger partial charge in [-0.15, -0.1) is 0 Å². The number of carbonyl (C=O) groups is 1. The molecule has 0 atom stereocenters. The van der Waals surface area contributed by atoms with E-state index in [0.717, 1.165) is 36.2 Å². The fraction of sp³-hybridized carbons (Fsp3) is 0.636. The second-order valence-electron chi connectivity index (χ2n) is 4.94. The van der Waals surface area contributed by atoms with E-state index in [2.05, 4.69) is 10.2 Å². The molecule has 0 radical (unpaired) electrons. The summed E-state index contributed by atoms with van der Waals surface area (Å²) in [6.45, 7) is 0. The van der Waals surface area contributed by atoms with Crippen molar-refractivity contribution in [3.8, 4) is 0 Å². The molecule has 5 heteroatoms. The van der Waals surface area contributed by atoms with Gasteiger partial charge >= 0.3 is 5.97 Å². The van der Waals surface area contributed by atoms with E-state index >= 15 is 0 Å². The Morgan fingerprint density at radius 3 is 2.88 bits per heavy atom. The number of carboxylic acids is 1. The van der Waals surface area contributed by atoms with Crippen LogP contribution in [0.25, 0.3) is 0 Å². The van der Waals surface area contributed by atoms with Crippen LogP contribution in [-0.4, -0.2) is 27.3 Å². The number of hydrogen-bond acceptors (Lipinski definition) is 3. The number of nitrogens with two attached hydrogens (primary N) is 1. The number of carboxylic acid groups (broad SMARTS) is 1. The van der Waals surface area contributed by atoms with Gasteiger partial charge in [0.2, 0.25) is 0 Å². The average molecular weight is 221 g/mol. The smallest absolute Gasteiger partial charge is 0.315 e. The molecule has 0 aliphatic heterocycles. The maximum absolute atomic E-state index is 11.4. The Balaban J connectivity index is 2.04. The third-order valence-corrected chi connectivity index (χ3v) is 3.89. The van der Waals surface area contributed by atoms with Crippen LogP contribution in [0.4, 0.5) is 0 Å². The molecule has 4 N–H and O–H groups in total. The highest BCUT2D eigenvalue weighted by atomic mass is 16.4. The van der Waals surface area contributed by atoms with E-state index < -0.39 is 11.4 Å². The van der Waals surface area contributed by atoms with Crippen molar-refractivity contribution in [2.75, 3.05) is 0 Å². The summed E-state index contributed by atoms with van der Waals surface area (Å²) < 4.78 is 0. The Morgan fingerprint density at radius 1 is 1.50 bits per heavy atom. The number of aliphatic carboxylic acids is 1. The van der Waals surface area contributed by atoms with Crippen molar-refractivity contribution in [3.05, 3.63) is 17.0 Å². The molecule has 2 aliphatic carbocycles. The van der Waals surface area contributed by atoms with Crippen LogP contribution in [0.3, 0.4) is 0 Å². The summed E-state index contributed by atoms with van der Waals surface area (Å²) >= 11 is 0. The van der Waals surface area contributed by atoms with Crippen LogP contribution in [-0.2, 0) is 23.1 Å². The van der Waals surface area contributed by atoms with Gasteiger partial charge in [-0.1, -0.05) is 0 Å². The Bertz CT molecular complexity index is 446. The van der Waals surface area contributed by atoms with Gasteiger partial charge in [0.15, 0.2) is 0 Å². The highest BCUT2D eigenvalue weighted by Gasteiger charge is 2.53. The molecule has 0 amide bonds. The van der Waals surface area contributed by atoms with Gasteiger partial charge in [0.05, 0.1) is 5.69 Å². The van der Waals surface area contributed by atoms with E-state index in [9.17, 15) is 9.90 Å². The van der Waals surface area contributed by atoms with Gasteiger partial charge in [-0.05, 0) is 37.7 Å². The van der Waals surface area contributed by atoms with Crippen LogP contribution < -0.4 is 5.73 Å². The average Bonchev–Trinajstić information content (AvgIpc) is 2.72. The molecule has 86 valence electrons. The minimum absolute atomic E-state index is 0.00449. The molecule has 1 saturated carbocycles. The topological polar surface area (TPSA) is 92.0 Å². The number of aryl methyl sites for hydroxylation is 1. The van der Waals surface area contributed by atoms with Crippen molar-refractivity contribution in [3.63, 3.8) is 0 Å². The lowest BCUT2D eigenvalue weighted by Gasteiger charge is -2.41. The minimum atomic E-state index is -0.812. The third-order valence-electron chi connectivity index (χ3n) is 3.89. The highest BCUT2D eigenvalue weighted by Crippen LogP contribution is 2.45. The zero-order chi connectivity index (χ0) is 11.3. The standard InChI is InChI=1S/C11H15N3O2/c12-6-4-11(5-6,10(15)16)9-7-2-1-3-8(7)13-14-9/h6H,1-5,12H2,(H,13,14)(H,15,16). The number of aromatic amines is 1. The van der Waals surface area contributed by atoms with E-state index in [4.69, 9.17) is 5.73 Å². The SMILES string of the molecule is NC1CC(C(=O)O)(c2n[nH]c3c2CCC3)C1. The van der Waals surface area contributed by atoms with Gasteiger partial charge in [0.25, 0.3) is 0 Å². The van der Waals surface area contributed by atoms with Crippen LogP contribution in [0.2, 0.25) is 0 Å². The monoisotopic (exact) mass is 221 g/mol. The number of H-pyrrole nitrogens is 1. The van der Waals surface area contributed by atoms with E-state index in [1.807, 2.05) is 0 Å². The Morgan fingerprint density at radius 2 is 2.25 bits per heavy atom. The van der Waals surface area contributed by atoms with Gasteiger partial charge in [0, 0.05) is 11.7 Å². The van der Waals surface area contributed by atoms with Crippen molar-refractivity contribution >= 4 is 5.97 Å². The number of rotatable bonds is 2. The first-order valence-corrected chi connectivity index (χ1v) is 5.69. The molecule has 3 rings (SSSR count). The zero-order valence-electron chi connectivity index (χ0n) is 8.99. The van der Waals surface area contributed by atoms with Crippen molar-refractivity contribution in [1.29, 1.82) is 0 Å². The first-order valence-electron chi connectivity index (χ1n) is 5.69. The summed E-state index contributed by atoms with van der Waals surface area (Å²) in [5, 5.41) is 16.6. The van der Waals surface area contributed by atoms with E-state index in [0.29, 0.717) is 12.8 Å². The van der Waals surface area contributed by atoms with Gasteiger partial charge in [-0.25, -0.2) is 0 Å². The predicted molar refractivity (Wildman–Crippen MR) is 57.1 cm³/mol. The molecule has 1 aromatic rings. The molecule has 16 heavy (non-hydrogen) atoms. The fourth-order valence-electron chi connectivity index (χ4n) is 3.02. The minimum Gasteiger partial charge on any atom is -0.481 e. The molecule has 0 aromatic carbocycles. The first kappa shape index (κ1) is 9.84. The second-order valence-corrected chi connectivity index (χ2v) is 4.94. The summed E-state index contributed by atoms with van der Waals surface area (Å²) in [5.41, 5.74) is 7.93. The number of aromatic nitrogens is 2. The van der Waals surface area contributed by atoms with Crippen LogP contribution in [0.5, 0.6) is 0 Å². The van der Waals surface area contributed by atoms with E-state index in [-0.39, 0.29) is 6.04 Å². The number of hydrogen-bond donors (Lipinski definition) is 3. The van der Waals surface area contributed by atoms with Crippen molar-refractivity contribution in [2.24, 2.45) is 5.73 Å². The lowest BCUT2D eigenvalue weighted by molar-refractivity contribution is -0.148. The fourth-order valence-corrected chi connectivity index (χ4v) is 3.02. The highest BCUT2D eigenvalue weighted by molar-refractivity contribution is 5.83. The van der Waals surface area contributed by atoms with Crippen molar-refractivity contribution in [1.82, 2.24) is 10.2 Å². The lowest BCUT2D eigenvalue weighted by atomic mass is 9.63. The van der Waals surface area contributed by atoms with Crippen molar-refractivity contribution in [2.45, 2.75) is 43.6 Å². The van der Waals surface area contributed by atoms with Crippen LogP contribution in [0.15, 0.2) is 0 Å². The summed E-state index contributed by atoms with van der Waals surface area (Å²) in [7, 11) is 0. The molecular weight excluding hydrogens is 206 g/mol. The lowest BCUT2D eigenvalue weighted by Crippen LogP contribution is -2.54. The molecule has 0 unspecified atom stereocenters. The normalized spacial score (nSPS) is 32.2. The quantitative estimate of drug-likeness (QED) is 0.671. The van der Waals surface area contributed by atoms with Crippen LogP contribution in [0, 0.1) is 0 Å². The molecule has 1 aromatic heterocycles. The Hall–Kier alpha value is -1.36. The molecule has 0 spiro atoms. The third kappa shape index (κ3) is 1.09. The molecule has 1 heterocycles. The van der Waals surface area contributed by atoms with Crippen molar-refractivity contribution < 1.29 is 9.90 Å². The molecule has 2 aliphatic rings. The summed E-state index contributed by atoms with van der Waals surface area (Å²) in [6, 6.07) is 0.00449. The van der Waals surface area contributed by atoms with E-state index in [1.165, 1.54) is 0 Å². The predicted octanol–water partition coefficient (Wildman–Crippen LogP) is 0.342. The number of fused-ring (bicyclic) bond motifs is 1. The Labute approximate surface area is 93.0 Å². The summed E-state index contributed by atoms with van der Waals surface area (Å²) in [4.78, 5) is 11.4. The van der Waals surface area contributed by atoms with Gasteiger partial charge < -0.3 is 10.8 Å². The first-order chi connectivity index (χ1) is 7.63. The molecular formula is C11H15N3O2. The van der Waals surface area contributed by atoms with Gasteiger partial charge in [-0.3, -0.25) is 9.89 Å². The Kier molecular flexibility index (Phi) is 1.89. The zero-order valence-corrected chi connectivity index (χ0v) is 8.99. The summed E-state index contributed by atoms with van der Waals surface area (Å²) in [6.07, 6.45) is 4.06. The second kappa shape index (κ2) is 3.07. The molecule has 5 nitrogen and oxygen atoms in total. The van der Waals surface area contributed by atoms with Gasteiger partial charge in [-0.2, -0.15) is 5.10 Å². The largest absolute Gasteiger partial charge is 0.481 e.